The maximum Gasteiger partial charge on any atom is 0.307 e. The van der Waals surface area contributed by atoms with E-state index in [4.69, 9.17) is 15.5 Å². The molecule has 15 heavy (non-hydrogen) atoms. The first-order chi connectivity index (χ1) is 7.08. The highest BCUT2D eigenvalue weighted by molar-refractivity contribution is 9.10. The van der Waals surface area contributed by atoms with E-state index in [-0.39, 0.29) is 13.0 Å². The van der Waals surface area contributed by atoms with Gasteiger partial charge in [0.05, 0.1) is 18.6 Å². The van der Waals surface area contributed by atoms with Crippen LogP contribution in [0.1, 0.15) is 16.7 Å². The number of carboxylic acid groups (broad SMARTS) is 1. The van der Waals surface area contributed by atoms with Crippen molar-refractivity contribution in [1.82, 2.24) is 0 Å². The number of hydrogen-bond acceptors (Lipinski definition) is 3. The van der Waals surface area contributed by atoms with Crippen LogP contribution in [0.3, 0.4) is 0 Å². The molecule has 1 rings (SSSR count). The van der Waals surface area contributed by atoms with Crippen LogP contribution in [0.4, 0.5) is 0 Å². The number of rotatable bonds is 3. The Morgan fingerprint density at radius 1 is 1.53 bits per heavy atom. The molecule has 0 radical (unpaired) electrons. The van der Waals surface area contributed by atoms with Crippen LogP contribution in [0.25, 0.3) is 0 Å². The number of aliphatic carboxylic acids is 1. The molecular formula is C10H8BrNO3. The number of aliphatic hydroxyl groups is 1. The van der Waals surface area contributed by atoms with Crippen molar-refractivity contribution in [2.24, 2.45) is 0 Å². The van der Waals surface area contributed by atoms with Gasteiger partial charge in [-0.15, -0.1) is 0 Å². The van der Waals surface area contributed by atoms with E-state index in [0.29, 0.717) is 21.2 Å². The fourth-order valence-corrected chi connectivity index (χ4v) is 1.89. The predicted octanol–water partition coefficient (Wildman–Crippen LogP) is 1.44. The zero-order valence-corrected chi connectivity index (χ0v) is 9.28. The first-order valence-corrected chi connectivity index (χ1v) is 4.91. The van der Waals surface area contributed by atoms with Gasteiger partial charge in [0, 0.05) is 4.47 Å². The van der Waals surface area contributed by atoms with E-state index >= 15 is 0 Å². The molecule has 2 N–H and O–H groups in total. The van der Waals surface area contributed by atoms with E-state index in [1.165, 1.54) is 6.07 Å². The lowest BCUT2D eigenvalue weighted by atomic mass is 10.0. The summed E-state index contributed by atoms with van der Waals surface area (Å²) in [6, 6.07) is 5.04. The van der Waals surface area contributed by atoms with Gasteiger partial charge in [-0.25, -0.2) is 0 Å². The van der Waals surface area contributed by atoms with Crippen molar-refractivity contribution in [2.45, 2.75) is 13.0 Å². The van der Waals surface area contributed by atoms with E-state index in [2.05, 4.69) is 15.9 Å². The first kappa shape index (κ1) is 11.7. The van der Waals surface area contributed by atoms with Crippen LogP contribution in [0.15, 0.2) is 16.6 Å². The van der Waals surface area contributed by atoms with Crippen LogP contribution in [0, 0.1) is 11.3 Å². The summed E-state index contributed by atoms with van der Waals surface area (Å²) in [7, 11) is 0. The van der Waals surface area contributed by atoms with Gasteiger partial charge in [-0.3, -0.25) is 4.79 Å². The first-order valence-electron chi connectivity index (χ1n) is 4.12. The minimum Gasteiger partial charge on any atom is -0.481 e. The fourth-order valence-electron chi connectivity index (χ4n) is 1.25. The summed E-state index contributed by atoms with van der Waals surface area (Å²) >= 11 is 3.16. The molecule has 0 spiro atoms. The summed E-state index contributed by atoms with van der Waals surface area (Å²) in [5, 5.41) is 26.4. The molecule has 0 amide bonds. The zero-order chi connectivity index (χ0) is 11.4. The van der Waals surface area contributed by atoms with Crippen molar-refractivity contribution in [3.63, 3.8) is 0 Å². The normalized spacial score (nSPS) is 9.67. The zero-order valence-electron chi connectivity index (χ0n) is 7.70. The maximum atomic E-state index is 10.5. The maximum absolute atomic E-state index is 10.5. The summed E-state index contributed by atoms with van der Waals surface area (Å²) in [6.07, 6.45) is -0.128. The fraction of sp³-hybridized carbons (Fsp3) is 0.200. The van der Waals surface area contributed by atoms with Gasteiger partial charge in [-0.1, -0.05) is 6.07 Å². The number of aliphatic hydroxyl groups excluding tert-OH is 1. The van der Waals surface area contributed by atoms with Gasteiger partial charge in [-0.2, -0.15) is 5.26 Å². The Labute approximate surface area is 94.9 Å². The molecule has 0 aliphatic carbocycles. The van der Waals surface area contributed by atoms with Crippen molar-refractivity contribution in [3.05, 3.63) is 33.3 Å². The third-order valence-electron chi connectivity index (χ3n) is 1.87. The van der Waals surface area contributed by atoms with Crippen LogP contribution >= 0.6 is 15.9 Å². The van der Waals surface area contributed by atoms with E-state index in [1.807, 2.05) is 6.07 Å². The van der Waals surface area contributed by atoms with Gasteiger partial charge in [0.15, 0.2) is 0 Å². The van der Waals surface area contributed by atoms with Crippen molar-refractivity contribution in [1.29, 1.82) is 5.26 Å². The Balaban J connectivity index is 3.21. The van der Waals surface area contributed by atoms with Crippen molar-refractivity contribution >= 4 is 21.9 Å². The lowest BCUT2D eigenvalue weighted by Crippen LogP contribution is -2.02. The lowest BCUT2D eigenvalue weighted by molar-refractivity contribution is -0.136. The number of carboxylic acids is 1. The molecule has 0 aliphatic heterocycles. The van der Waals surface area contributed by atoms with Gasteiger partial charge < -0.3 is 10.2 Å². The molecule has 0 aromatic heterocycles. The Kier molecular flexibility index (Phi) is 3.83. The molecule has 1 aromatic rings. The van der Waals surface area contributed by atoms with Crippen molar-refractivity contribution < 1.29 is 15.0 Å². The lowest BCUT2D eigenvalue weighted by Gasteiger charge is -2.05. The van der Waals surface area contributed by atoms with Crippen LogP contribution in [-0.2, 0) is 17.8 Å². The highest BCUT2D eigenvalue weighted by atomic mass is 79.9. The largest absolute Gasteiger partial charge is 0.481 e. The quantitative estimate of drug-likeness (QED) is 0.870. The van der Waals surface area contributed by atoms with Crippen LogP contribution in [0.5, 0.6) is 0 Å². The molecule has 4 nitrogen and oxygen atoms in total. The molecule has 0 bridgehead atoms. The van der Waals surface area contributed by atoms with Crippen molar-refractivity contribution in [2.75, 3.05) is 0 Å². The average molecular weight is 270 g/mol. The van der Waals surface area contributed by atoms with Crippen LogP contribution in [0.2, 0.25) is 0 Å². The summed E-state index contributed by atoms with van der Waals surface area (Å²) in [5.74, 6) is -0.949. The standard InChI is InChI=1S/C10H8BrNO3/c11-9-2-6(3-10(14)15)1-7(5-13)8(9)4-12/h1-2,13H,3,5H2,(H,14,15). The smallest absolute Gasteiger partial charge is 0.307 e. The van der Waals surface area contributed by atoms with E-state index in [1.54, 1.807) is 6.07 Å². The second kappa shape index (κ2) is 4.91. The highest BCUT2D eigenvalue weighted by Gasteiger charge is 2.10. The summed E-state index contributed by atoms with van der Waals surface area (Å²) in [5.41, 5.74) is 1.33. The molecule has 0 unspecified atom stereocenters. The molecule has 0 saturated carbocycles. The van der Waals surface area contributed by atoms with E-state index in [9.17, 15) is 4.79 Å². The van der Waals surface area contributed by atoms with Gasteiger partial charge in [0.1, 0.15) is 6.07 Å². The molecule has 0 atom stereocenters. The molecule has 0 saturated heterocycles. The van der Waals surface area contributed by atoms with Gasteiger partial charge >= 0.3 is 5.97 Å². The second-order valence-corrected chi connectivity index (χ2v) is 3.81. The topological polar surface area (TPSA) is 81.3 Å². The van der Waals surface area contributed by atoms with Crippen LogP contribution < -0.4 is 0 Å². The molecule has 0 fully saturated rings. The van der Waals surface area contributed by atoms with Gasteiger partial charge in [0.25, 0.3) is 0 Å². The van der Waals surface area contributed by atoms with Gasteiger partial charge in [-0.05, 0) is 33.1 Å². The summed E-state index contributed by atoms with van der Waals surface area (Å²) in [6.45, 7) is -0.283. The number of benzene rings is 1. The Hall–Kier alpha value is -1.38. The molecule has 5 heteroatoms. The number of halogens is 1. The number of nitrogens with zero attached hydrogens (tertiary/aromatic N) is 1. The van der Waals surface area contributed by atoms with Crippen molar-refractivity contribution in [3.8, 4) is 6.07 Å². The third kappa shape index (κ3) is 2.78. The number of hydrogen-bond donors (Lipinski definition) is 2. The molecule has 0 heterocycles. The SMILES string of the molecule is N#Cc1c(Br)cc(CC(=O)O)cc1CO. The molecule has 0 aliphatic rings. The minimum atomic E-state index is -0.949. The molecule has 78 valence electrons. The monoisotopic (exact) mass is 269 g/mol. The number of nitriles is 1. The second-order valence-electron chi connectivity index (χ2n) is 2.95. The highest BCUT2D eigenvalue weighted by Crippen LogP contribution is 2.22. The molecular weight excluding hydrogens is 262 g/mol. The average Bonchev–Trinajstić information content (AvgIpc) is 2.15. The summed E-state index contributed by atoms with van der Waals surface area (Å²) < 4.78 is 0.507. The van der Waals surface area contributed by atoms with Gasteiger partial charge in [0.2, 0.25) is 0 Å². The molecule has 1 aromatic carbocycles. The number of carbonyl (C=O) groups is 1. The third-order valence-corrected chi connectivity index (χ3v) is 2.49. The van der Waals surface area contributed by atoms with E-state index in [0.717, 1.165) is 0 Å². The Morgan fingerprint density at radius 2 is 2.20 bits per heavy atom. The van der Waals surface area contributed by atoms with Crippen LogP contribution in [-0.4, -0.2) is 16.2 Å². The predicted molar refractivity (Wildman–Crippen MR) is 56.1 cm³/mol. The summed E-state index contributed by atoms with van der Waals surface area (Å²) in [4.78, 5) is 10.5. The van der Waals surface area contributed by atoms with E-state index < -0.39 is 5.97 Å². The Morgan fingerprint density at radius 3 is 2.67 bits per heavy atom. The minimum absolute atomic E-state index is 0.128. The Bertz CT molecular complexity index is 437.